The Balaban J connectivity index is 1.42. The van der Waals surface area contributed by atoms with E-state index >= 15 is 0 Å². The Morgan fingerprint density at radius 3 is 2.56 bits per heavy atom. The van der Waals surface area contributed by atoms with E-state index in [1.807, 2.05) is 36.4 Å². The van der Waals surface area contributed by atoms with Gasteiger partial charge < -0.3 is 16.0 Å². The molecule has 3 N–H and O–H groups in total. The molecule has 2 amide bonds. The minimum absolute atomic E-state index is 0.0190. The lowest BCUT2D eigenvalue weighted by Crippen LogP contribution is -2.42. The Bertz CT molecular complexity index is 799. The van der Waals surface area contributed by atoms with Crippen molar-refractivity contribution >= 4 is 28.8 Å². The van der Waals surface area contributed by atoms with E-state index in [9.17, 15) is 9.59 Å². The molecule has 2 fully saturated rings. The van der Waals surface area contributed by atoms with E-state index < -0.39 is 0 Å². The summed E-state index contributed by atoms with van der Waals surface area (Å²) in [7, 11) is 0. The fourth-order valence-corrected chi connectivity index (χ4v) is 4.67. The van der Waals surface area contributed by atoms with Gasteiger partial charge in [0, 0.05) is 35.6 Å². The van der Waals surface area contributed by atoms with Crippen molar-refractivity contribution in [1.29, 1.82) is 0 Å². The summed E-state index contributed by atoms with van der Waals surface area (Å²) < 4.78 is 0. The van der Waals surface area contributed by atoms with Crippen molar-refractivity contribution in [2.45, 2.75) is 44.3 Å². The Morgan fingerprint density at radius 1 is 1.12 bits per heavy atom. The second-order valence-corrected chi connectivity index (χ2v) is 7.87. The number of fused-ring (bicyclic) bond motifs is 2. The second kappa shape index (κ2) is 6.61. The fourth-order valence-electron chi connectivity index (χ4n) is 3.76. The van der Waals surface area contributed by atoms with E-state index in [-0.39, 0.29) is 17.9 Å². The van der Waals surface area contributed by atoms with E-state index in [0.717, 1.165) is 33.8 Å². The summed E-state index contributed by atoms with van der Waals surface area (Å²) in [6.45, 7) is 1.49. The molecule has 2 aliphatic rings. The molecule has 2 saturated heterocycles. The van der Waals surface area contributed by atoms with Gasteiger partial charge in [-0.05, 0) is 49.1 Å². The van der Waals surface area contributed by atoms with Crippen LogP contribution >= 0.6 is 11.3 Å². The Kier molecular flexibility index (Phi) is 4.31. The van der Waals surface area contributed by atoms with E-state index in [4.69, 9.17) is 0 Å². The molecular weight excluding hydrogens is 334 g/mol. The van der Waals surface area contributed by atoms with E-state index in [0.29, 0.717) is 12.1 Å². The summed E-state index contributed by atoms with van der Waals surface area (Å²) in [6.07, 6.45) is 3.43. The summed E-state index contributed by atoms with van der Waals surface area (Å²) in [5, 5.41) is 9.48. The highest BCUT2D eigenvalue weighted by atomic mass is 32.1. The van der Waals surface area contributed by atoms with Crippen LogP contribution in [0, 0.1) is 0 Å². The Labute approximate surface area is 150 Å². The first-order valence-electron chi connectivity index (χ1n) is 8.63. The summed E-state index contributed by atoms with van der Waals surface area (Å²) in [4.78, 5) is 25.4. The molecule has 0 radical (unpaired) electrons. The molecular formula is C19H21N3O2S. The molecule has 0 aliphatic carbocycles. The third-order valence-electron chi connectivity index (χ3n) is 4.94. The van der Waals surface area contributed by atoms with Gasteiger partial charge in [-0.15, -0.1) is 11.3 Å². The molecule has 0 spiro atoms. The van der Waals surface area contributed by atoms with Crippen LogP contribution in [0.15, 0.2) is 36.4 Å². The number of nitrogens with one attached hydrogen (secondary N) is 3. The van der Waals surface area contributed by atoms with Crippen LogP contribution < -0.4 is 16.0 Å². The summed E-state index contributed by atoms with van der Waals surface area (Å²) in [5.74, 6) is -0.0663. The summed E-state index contributed by atoms with van der Waals surface area (Å²) >= 11 is 1.50. The molecule has 2 aromatic rings. The van der Waals surface area contributed by atoms with Crippen LogP contribution in [-0.2, 0) is 4.79 Å². The number of anilines is 1. The smallest absolute Gasteiger partial charge is 0.261 e. The van der Waals surface area contributed by atoms with Gasteiger partial charge in [-0.2, -0.15) is 0 Å². The van der Waals surface area contributed by atoms with Crippen LogP contribution in [0.5, 0.6) is 0 Å². The van der Waals surface area contributed by atoms with Crippen LogP contribution in [0.1, 0.15) is 35.9 Å². The van der Waals surface area contributed by atoms with Crippen molar-refractivity contribution in [2.75, 3.05) is 5.32 Å². The molecule has 3 atom stereocenters. The van der Waals surface area contributed by atoms with Gasteiger partial charge in [-0.25, -0.2) is 0 Å². The van der Waals surface area contributed by atoms with Crippen LogP contribution in [0.4, 0.5) is 5.69 Å². The van der Waals surface area contributed by atoms with Crippen molar-refractivity contribution in [3.63, 3.8) is 0 Å². The van der Waals surface area contributed by atoms with Crippen LogP contribution in [0.3, 0.4) is 0 Å². The number of carbonyl (C=O) groups is 2. The average molecular weight is 355 g/mol. The standard InChI is InChI=1S/C19H21N3O2S/c1-11(23)20-13-4-2-12(3-5-13)17-8-9-18(25-17)19(24)22-16-10-14-6-7-15(16)21-14/h2-5,8-9,14-16,21H,6-7,10H2,1H3,(H,20,23)(H,22,24)/t14-,15+,16-/m1/s1. The largest absolute Gasteiger partial charge is 0.347 e. The highest BCUT2D eigenvalue weighted by molar-refractivity contribution is 7.17. The normalized spacial score (nSPS) is 24.3. The predicted octanol–water partition coefficient (Wildman–Crippen LogP) is 3.00. The van der Waals surface area contributed by atoms with E-state index in [1.54, 1.807) is 0 Å². The molecule has 5 nitrogen and oxygen atoms in total. The third-order valence-corrected chi connectivity index (χ3v) is 6.07. The molecule has 1 aromatic carbocycles. The van der Waals surface area contributed by atoms with Crippen molar-refractivity contribution in [3.8, 4) is 10.4 Å². The first-order valence-corrected chi connectivity index (χ1v) is 9.45. The van der Waals surface area contributed by atoms with Crippen LogP contribution in [0.25, 0.3) is 10.4 Å². The lowest BCUT2D eigenvalue weighted by Gasteiger charge is -2.20. The van der Waals surface area contributed by atoms with Crippen LogP contribution in [-0.4, -0.2) is 29.9 Å². The molecule has 25 heavy (non-hydrogen) atoms. The van der Waals surface area contributed by atoms with Gasteiger partial charge in [0.05, 0.1) is 4.88 Å². The van der Waals surface area contributed by atoms with Crippen molar-refractivity contribution < 1.29 is 9.59 Å². The number of carbonyl (C=O) groups excluding carboxylic acids is 2. The maximum absolute atomic E-state index is 12.5. The van der Waals surface area contributed by atoms with Gasteiger partial charge in [0.15, 0.2) is 0 Å². The molecule has 1 aromatic heterocycles. The van der Waals surface area contributed by atoms with Gasteiger partial charge in [0.1, 0.15) is 0 Å². The molecule has 0 unspecified atom stereocenters. The van der Waals surface area contributed by atoms with Crippen molar-refractivity contribution in [2.24, 2.45) is 0 Å². The van der Waals surface area contributed by atoms with Gasteiger partial charge >= 0.3 is 0 Å². The number of hydrogen-bond acceptors (Lipinski definition) is 4. The Morgan fingerprint density at radius 2 is 1.92 bits per heavy atom. The van der Waals surface area contributed by atoms with Gasteiger partial charge in [-0.1, -0.05) is 12.1 Å². The average Bonchev–Trinajstić information content (AvgIpc) is 3.31. The first-order chi connectivity index (χ1) is 12.1. The summed E-state index contributed by atoms with van der Waals surface area (Å²) in [5.41, 5.74) is 1.81. The van der Waals surface area contributed by atoms with Crippen LogP contribution in [0.2, 0.25) is 0 Å². The minimum Gasteiger partial charge on any atom is -0.347 e. The monoisotopic (exact) mass is 355 g/mol. The number of benzene rings is 1. The maximum Gasteiger partial charge on any atom is 0.261 e. The van der Waals surface area contributed by atoms with E-state index in [2.05, 4.69) is 16.0 Å². The minimum atomic E-state index is -0.0852. The quantitative estimate of drug-likeness (QED) is 0.790. The number of hydrogen-bond donors (Lipinski definition) is 3. The number of amides is 2. The lowest BCUT2D eigenvalue weighted by atomic mass is 9.95. The third kappa shape index (κ3) is 3.45. The summed E-state index contributed by atoms with van der Waals surface area (Å²) in [6, 6.07) is 12.8. The second-order valence-electron chi connectivity index (χ2n) is 6.79. The fraction of sp³-hybridized carbons (Fsp3) is 0.368. The van der Waals surface area contributed by atoms with Gasteiger partial charge in [0.2, 0.25) is 5.91 Å². The molecule has 6 heteroatoms. The van der Waals surface area contributed by atoms with Crippen molar-refractivity contribution in [1.82, 2.24) is 10.6 Å². The zero-order valence-corrected chi connectivity index (χ0v) is 14.9. The first kappa shape index (κ1) is 16.3. The SMILES string of the molecule is CC(=O)Nc1ccc(-c2ccc(C(=O)N[C@@H]3C[C@H]4CC[C@@H]3N4)s2)cc1. The van der Waals surface area contributed by atoms with E-state index in [1.165, 1.54) is 24.7 Å². The molecule has 2 aliphatic heterocycles. The maximum atomic E-state index is 12.5. The molecule has 2 bridgehead atoms. The van der Waals surface area contributed by atoms with Gasteiger partial charge in [-0.3, -0.25) is 9.59 Å². The lowest BCUT2D eigenvalue weighted by molar-refractivity contribution is -0.114. The molecule has 130 valence electrons. The zero-order valence-electron chi connectivity index (χ0n) is 14.0. The number of rotatable bonds is 4. The molecule has 0 saturated carbocycles. The highest BCUT2D eigenvalue weighted by Gasteiger charge is 2.39. The highest BCUT2D eigenvalue weighted by Crippen LogP contribution is 2.31. The molecule has 3 heterocycles. The topological polar surface area (TPSA) is 70.2 Å². The zero-order chi connectivity index (χ0) is 17.4. The molecule has 4 rings (SSSR count). The van der Waals surface area contributed by atoms with Gasteiger partial charge in [0.25, 0.3) is 5.91 Å². The van der Waals surface area contributed by atoms with Crippen molar-refractivity contribution in [3.05, 3.63) is 41.3 Å². The number of thiophene rings is 1. The predicted molar refractivity (Wildman–Crippen MR) is 99.9 cm³/mol. The Hall–Kier alpha value is -2.18.